The Bertz CT molecular complexity index is 1420. The minimum atomic E-state index is -0.962. The third-order valence-electron chi connectivity index (χ3n) is 6.01. The average Bonchev–Trinajstić information content (AvgIpc) is 3.32. The molecule has 9 heteroatoms. The van der Waals surface area contributed by atoms with Gasteiger partial charge in [-0.25, -0.2) is 4.39 Å². The van der Waals surface area contributed by atoms with E-state index in [9.17, 15) is 14.3 Å². The lowest BCUT2D eigenvalue weighted by molar-refractivity contribution is -0.370. The molecule has 4 aromatic rings. The molecular formula is C28H28FN2O6-. The van der Waals surface area contributed by atoms with E-state index < -0.39 is 18.5 Å². The third kappa shape index (κ3) is 5.46. The van der Waals surface area contributed by atoms with E-state index in [1.807, 2.05) is 19.1 Å². The highest BCUT2D eigenvalue weighted by Gasteiger charge is 2.28. The van der Waals surface area contributed by atoms with Crippen LogP contribution in [0.2, 0.25) is 0 Å². The van der Waals surface area contributed by atoms with Gasteiger partial charge in [0.1, 0.15) is 34.9 Å². The second-order valence-electron chi connectivity index (χ2n) is 8.35. The molecule has 1 unspecified atom stereocenters. The minimum Gasteiger partial charge on any atom is -0.852 e. The molecule has 0 bridgehead atoms. The molecule has 1 aromatic heterocycles. The SMILES string of the molecule is COc1cc(NC(C(=O)c2c[nH]c3cc(OC)c(C)cc23)c2ccc(F)cc2OC)cc(OCC[O-])c1. The Hall–Kier alpha value is -4.24. The van der Waals surface area contributed by atoms with Crippen LogP contribution in [0.4, 0.5) is 10.1 Å². The van der Waals surface area contributed by atoms with Gasteiger partial charge in [0.2, 0.25) is 0 Å². The van der Waals surface area contributed by atoms with Gasteiger partial charge in [0.15, 0.2) is 5.78 Å². The van der Waals surface area contributed by atoms with Crippen LogP contribution in [0.1, 0.15) is 27.5 Å². The van der Waals surface area contributed by atoms with Crippen molar-refractivity contribution in [2.45, 2.75) is 13.0 Å². The summed E-state index contributed by atoms with van der Waals surface area (Å²) in [5.41, 5.74) is 3.00. The molecule has 2 N–H and O–H groups in total. The van der Waals surface area contributed by atoms with Crippen LogP contribution in [0.25, 0.3) is 10.9 Å². The van der Waals surface area contributed by atoms with Crippen LogP contribution >= 0.6 is 0 Å². The molecule has 37 heavy (non-hydrogen) atoms. The van der Waals surface area contributed by atoms with Crippen molar-refractivity contribution in [3.8, 4) is 23.0 Å². The fourth-order valence-electron chi connectivity index (χ4n) is 4.23. The number of aryl methyl sites for hydroxylation is 1. The number of benzene rings is 3. The van der Waals surface area contributed by atoms with Gasteiger partial charge in [-0.15, -0.1) is 6.61 Å². The van der Waals surface area contributed by atoms with Gasteiger partial charge in [0.25, 0.3) is 0 Å². The topological polar surface area (TPSA) is 105 Å². The number of H-pyrrole nitrogens is 1. The summed E-state index contributed by atoms with van der Waals surface area (Å²) in [6.45, 7) is 1.48. The van der Waals surface area contributed by atoms with E-state index in [1.165, 1.54) is 32.4 Å². The van der Waals surface area contributed by atoms with Crippen molar-refractivity contribution in [1.82, 2.24) is 4.98 Å². The van der Waals surface area contributed by atoms with Crippen molar-refractivity contribution in [1.29, 1.82) is 0 Å². The van der Waals surface area contributed by atoms with Crippen molar-refractivity contribution in [3.05, 3.63) is 77.2 Å². The zero-order chi connectivity index (χ0) is 26.5. The molecule has 3 aromatic carbocycles. The Morgan fingerprint density at radius 1 is 1.00 bits per heavy atom. The van der Waals surface area contributed by atoms with Gasteiger partial charge in [-0.3, -0.25) is 4.79 Å². The minimum absolute atomic E-state index is 0.0150. The van der Waals surface area contributed by atoms with Crippen molar-refractivity contribution < 1.29 is 33.2 Å². The van der Waals surface area contributed by atoms with E-state index in [0.29, 0.717) is 34.1 Å². The third-order valence-corrected chi connectivity index (χ3v) is 6.01. The molecule has 0 radical (unpaired) electrons. The predicted octanol–water partition coefficient (Wildman–Crippen LogP) is 4.42. The fraction of sp³-hybridized carbons (Fsp3) is 0.250. The number of rotatable bonds is 11. The first-order valence-electron chi connectivity index (χ1n) is 11.6. The second-order valence-corrected chi connectivity index (χ2v) is 8.35. The van der Waals surface area contributed by atoms with Gasteiger partial charge in [0.05, 0.1) is 27.9 Å². The molecule has 0 saturated carbocycles. The summed E-state index contributed by atoms with van der Waals surface area (Å²) in [6.07, 6.45) is 1.64. The smallest absolute Gasteiger partial charge is 0.191 e. The first kappa shape index (κ1) is 25.8. The summed E-state index contributed by atoms with van der Waals surface area (Å²) in [5.74, 6) is 1.03. The van der Waals surface area contributed by atoms with Gasteiger partial charge >= 0.3 is 0 Å². The molecule has 8 nitrogen and oxygen atoms in total. The lowest BCUT2D eigenvalue weighted by Crippen LogP contribution is -2.22. The van der Waals surface area contributed by atoms with Gasteiger partial charge in [0, 0.05) is 64.2 Å². The first-order chi connectivity index (χ1) is 17.9. The van der Waals surface area contributed by atoms with Gasteiger partial charge in [-0.05, 0) is 30.7 Å². The average molecular weight is 508 g/mol. The number of hydrogen-bond donors (Lipinski definition) is 2. The molecule has 0 saturated heterocycles. The molecule has 1 heterocycles. The Labute approximate surface area is 213 Å². The summed E-state index contributed by atoms with van der Waals surface area (Å²) >= 11 is 0. The molecule has 4 rings (SSSR count). The molecule has 194 valence electrons. The highest BCUT2D eigenvalue weighted by molar-refractivity contribution is 6.12. The molecular weight excluding hydrogens is 479 g/mol. The van der Waals surface area contributed by atoms with Crippen LogP contribution in [0, 0.1) is 12.7 Å². The van der Waals surface area contributed by atoms with Crippen LogP contribution in [-0.2, 0) is 0 Å². The monoisotopic (exact) mass is 507 g/mol. The largest absolute Gasteiger partial charge is 0.852 e. The summed E-state index contributed by atoms with van der Waals surface area (Å²) in [6, 6.07) is 11.8. The maximum absolute atomic E-state index is 14.1. The normalized spacial score (nSPS) is 11.7. The zero-order valence-corrected chi connectivity index (χ0v) is 21.0. The maximum Gasteiger partial charge on any atom is 0.191 e. The number of aromatic nitrogens is 1. The summed E-state index contributed by atoms with van der Waals surface area (Å²) < 4.78 is 35.7. The molecule has 0 fully saturated rings. The predicted molar refractivity (Wildman–Crippen MR) is 137 cm³/mol. The van der Waals surface area contributed by atoms with E-state index in [0.717, 1.165) is 16.5 Å². The molecule has 0 spiro atoms. The van der Waals surface area contributed by atoms with E-state index >= 15 is 0 Å². The van der Waals surface area contributed by atoms with Crippen LogP contribution in [0.15, 0.2) is 54.7 Å². The number of Topliss-reactive ketones (excluding diaryl/α,β-unsaturated/α-hetero) is 1. The highest BCUT2D eigenvalue weighted by Crippen LogP contribution is 2.36. The molecule has 0 amide bonds. The molecule has 0 aliphatic carbocycles. The van der Waals surface area contributed by atoms with E-state index in [4.69, 9.17) is 18.9 Å². The number of nitrogens with one attached hydrogen (secondary N) is 2. The Balaban J connectivity index is 1.82. The Morgan fingerprint density at radius 3 is 2.46 bits per heavy atom. The van der Waals surface area contributed by atoms with Crippen molar-refractivity contribution >= 4 is 22.4 Å². The summed E-state index contributed by atoms with van der Waals surface area (Å²) in [7, 11) is 4.51. The van der Waals surface area contributed by atoms with Crippen molar-refractivity contribution in [2.75, 3.05) is 39.9 Å². The van der Waals surface area contributed by atoms with Crippen molar-refractivity contribution in [2.24, 2.45) is 0 Å². The van der Waals surface area contributed by atoms with Gasteiger partial charge in [-0.1, -0.05) is 0 Å². The van der Waals surface area contributed by atoms with Gasteiger partial charge < -0.3 is 34.4 Å². The highest BCUT2D eigenvalue weighted by atomic mass is 19.1. The van der Waals surface area contributed by atoms with E-state index in [2.05, 4.69) is 10.3 Å². The number of hydrogen-bond acceptors (Lipinski definition) is 7. The quantitative estimate of drug-likeness (QED) is 0.290. The Morgan fingerprint density at radius 2 is 1.76 bits per heavy atom. The molecule has 0 aliphatic rings. The number of carbonyl (C=O) groups excluding carboxylic acids is 1. The maximum atomic E-state index is 14.1. The first-order valence-corrected chi connectivity index (χ1v) is 11.6. The molecule has 0 aliphatic heterocycles. The van der Waals surface area contributed by atoms with Crippen LogP contribution in [-0.4, -0.2) is 45.3 Å². The summed E-state index contributed by atoms with van der Waals surface area (Å²) in [5, 5.41) is 14.9. The van der Waals surface area contributed by atoms with Crippen molar-refractivity contribution in [3.63, 3.8) is 0 Å². The van der Waals surface area contributed by atoms with E-state index in [-0.39, 0.29) is 18.1 Å². The number of methoxy groups -OCH3 is 3. The second kappa shape index (κ2) is 11.2. The molecule has 1 atom stereocenters. The lowest BCUT2D eigenvalue weighted by atomic mass is 9.95. The van der Waals surface area contributed by atoms with E-state index in [1.54, 1.807) is 31.5 Å². The zero-order valence-electron chi connectivity index (χ0n) is 21.0. The number of halogens is 1. The number of ketones is 1. The standard InChI is InChI=1S/C28H28FN2O6/c1-16-9-22-23(15-30-24(22)14-25(16)35-3)28(33)27(21-6-5-17(29)10-26(21)36-4)31-18-11-19(34-2)13-20(12-18)37-8-7-32/h5-6,9-15,27,30-31H,7-8H2,1-4H3/q-1. The Kier molecular flexibility index (Phi) is 7.83. The lowest BCUT2D eigenvalue weighted by Gasteiger charge is -2.22. The summed E-state index contributed by atoms with van der Waals surface area (Å²) in [4.78, 5) is 17.2. The van der Waals surface area contributed by atoms with Crippen LogP contribution in [0.3, 0.4) is 0 Å². The number of anilines is 1. The number of carbonyl (C=O) groups is 1. The number of fused-ring (bicyclic) bond motifs is 1. The van der Waals surface area contributed by atoms with Gasteiger partial charge in [-0.2, -0.15) is 0 Å². The fourth-order valence-corrected chi connectivity index (χ4v) is 4.23. The van der Waals surface area contributed by atoms with Crippen LogP contribution in [0.5, 0.6) is 23.0 Å². The number of aromatic amines is 1. The number of ether oxygens (including phenoxy) is 4. The van der Waals surface area contributed by atoms with Crippen LogP contribution < -0.4 is 29.4 Å².